The van der Waals surface area contributed by atoms with Gasteiger partial charge in [-0.25, -0.2) is 9.97 Å². The van der Waals surface area contributed by atoms with Crippen molar-refractivity contribution in [3.05, 3.63) is 41.8 Å². The van der Waals surface area contributed by atoms with Gasteiger partial charge in [-0.1, -0.05) is 23.7 Å². The van der Waals surface area contributed by atoms with Crippen LogP contribution in [0.2, 0.25) is 5.02 Å². The molecule has 0 saturated carbocycles. The highest BCUT2D eigenvalue weighted by Crippen LogP contribution is 2.32. The Kier molecular flexibility index (Phi) is 3.54. The highest BCUT2D eigenvalue weighted by molar-refractivity contribution is 6.30. The summed E-state index contributed by atoms with van der Waals surface area (Å²) in [5.41, 5.74) is 2.71. The van der Waals surface area contributed by atoms with Crippen molar-refractivity contribution in [3.8, 4) is 11.1 Å². The van der Waals surface area contributed by atoms with Crippen molar-refractivity contribution in [2.45, 2.75) is 0 Å². The molecule has 0 aliphatic rings. The Morgan fingerprint density at radius 3 is 3.00 bits per heavy atom. The Morgan fingerprint density at radius 2 is 2.20 bits per heavy atom. The first-order valence-electron chi connectivity index (χ1n) is 6.22. The average molecular weight is 289 g/mol. The summed E-state index contributed by atoms with van der Waals surface area (Å²) in [6, 6.07) is 7.62. The van der Waals surface area contributed by atoms with Crippen molar-refractivity contribution in [1.82, 2.24) is 15.0 Å². The van der Waals surface area contributed by atoms with Gasteiger partial charge in [-0.2, -0.15) is 0 Å². The lowest BCUT2D eigenvalue weighted by molar-refractivity contribution is 0.311. The number of aliphatic hydroxyl groups excluding tert-OH is 1. The van der Waals surface area contributed by atoms with Gasteiger partial charge >= 0.3 is 0 Å². The molecule has 0 unspecified atom stereocenters. The van der Waals surface area contributed by atoms with Crippen molar-refractivity contribution in [3.63, 3.8) is 0 Å². The molecule has 0 spiro atoms. The van der Waals surface area contributed by atoms with Crippen LogP contribution in [0.5, 0.6) is 0 Å². The molecule has 2 aromatic heterocycles. The summed E-state index contributed by atoms with van der Waals surface area (Å²) in [4.78, 5) is 11.6. The number of aliphatic hydroxyl groups is 1. The SMILES string of the molecule is OCCNc1ncnc2[nH]cc(-c3cccc(Cl)c3)c12. The summed E-state index contributed by atoms with van der Waals surface area (Å²) >= 11 is 6.05. The number of hydrogen-bond donors (Lipinski definition) is 3. The maximum absolute atomic E-state index is 8.94. The summed E-state index contributed by atoms with van der Waals surface area (Å²) in [6.45, 7) is 0.481. The van der Waals surface area contributed by atoms with Gasteiger partial charge in [0.25, 0.3) is 0 Å². The number of fused-ring (bicyclic) bond motifs is 1. The van der Waals surface area contributed by atoms with Gasteiger partial charge in [0.1, 0.15) is 17.8 Å². The maximum Gasteiger partial charge on any atom is 0.143 e. The van der Waals surface area contributed by atoms with Crippen LogP contribution in [0.25, 0.3) is 22.2 Å². The first kappa shape index (κ1) is 12.9. The van der Waals surface area contributed by atoms with Crippen LogP contribution in [0.3, 0.4) is 0 Å². The van der Waals surface area contributed by atoms with Crippen molar-refractivity contribution >= 4 is 28.5 Å². The number of nitrogens with one attached hydrogen (secondary N) is 2. The molecular weight excluding hydrogens is 276 g/mol. The van der Waals surface area contributed by atoms with Crippen LogP contribution in [0.1, 0.15) is 0 Å². The second-order valence-corrected chi connectivity index (χ2v) is 4.75. The number of benzene rings is 1. The Hall–Kier alpha value is -2.11. The second kappa shape index (κ2) is 5.48. The number of hydrogen-bond acceptors (Lipinski definition) is 4. The van der Waals surface area contributed by atoms with Crippen molar-refractivity contribution in [2.24, 2.45) is 0 Å². The lowest BCUT2D eigenvalue weighted by atomic mass is 10.1. The standard InChI is InChI=1S/C14H13ClN4O/c15-10-3-1-2-9(6-10)11-7-17-14-12(11)13(16-4-5-20)18-8-19-14/h1-3,6-8,20H,4-5H2,(H2,16,17,18,19). The molecule has 2 heterocycles. The first-order chi connectivity index (χ1) is 9.79. The third kappa shape index (κ3) is 2.33. The monoisotopic (exact) mass is 288 g/mol. The van der Waals surface area contributed by atoms with Gasteiger partial charge in [0.2, 0.25) is 0 Å². The Morgan fingerprint density at radius 1 is 1.30 bits per heavy atom. The third-order valence-electron chi connectivity index (χ3n) is 3.01. The zero-order valence-electron chi connectivity index (χ0n) is 10.6. The number of anilines is 1. The van der Waals surface area contributed by atoms with E-state index < -0.39 is 0 Å². The van der Waals surface area contributed by atoms with E-state index in [2.05, 4.69) is 20.3 Å². The summed E-state index contributed by atoms with van der Waals surface area (Å²) in [5, 5.41) is 13.6. The molecule has 5 nitrogen and oxygen atoms in total. The Balaban J connectivity index is 2.16. The molecule has 0 aliphatic heterocycles. The smallest absolute Gasteiger partial charge is 0.143 e. The van der Waals surface area contributed by atoms with E-state index in [0.29, 0.717) is 17.4 Å². The minimum atomic E-state index is 0.0441. The highest BCUT2D eigenvalue weighted by Gasteiger charge is 2.12. The summed E-state index contributed by atoms with van der Waals surface area (Å²) in [5.74, 6) is 0.695. The fourth-order valence-electron chi connectivity index (χ4n) is 2.15. The third-order valence-corrected chi connectivity index (χ3v) is 3.24. The molecular formula is C14H13ClN4O. The largest absolute Gasteiger partial charge is 0.395 e. The molecule has 3 aromatic rings. The molecule has 0 amide bonds. The second-order valence-electron chi connectivity index (χ2n) is 4.31. The molecule has 0 atom stereocenters. The Bertz CT molecular complexity index is 741. The van der Waals surface area contributed by atoms with E-state index in [1.807, 2.05) is 30.5 Å². The fourth-order valence-corrected chi connectivity index (χ4v) is 2.35. The molecule has 0 bridgehead atoms. The normalized spacial score (nSPS) is 10.9. The van der Waals surface area contributed by atoms with Gasteiger partial charge in [-0.05, 0) is 17.7 Å². The van der Waals surface area contributed by atoms with Crippen molar-refractivity contribution in [2.75, 3.05) is 18.5 Å². The molecule has 20 heavy (non-hydrogen) atoms. The molecule has 3 N–H and O–H groups in total. The predicted octanol–water partition coefficient (Wildman–Crippen LogP) is 2.68. The maximum atomic E-state index is 8.94. The summed E-state index contributed by atoms with van der Waals surface area (Å²) in [7, 11) is 0. The Labute approximate surface area is 120 Å². The molecule has 1 aromatic carbocycles. The van der Waals surface area contributed by atoms with Crippen LogP contribution in [-0.2, 0) is 0 Å². The van der Waals surface area contributed by atoms with Gasteiger partial charge in [0, 0.05) is 23.3 Å². The number of aromatic nitrogens is 3. The topological polar surface area (TPSA) is 73.8 Å². The van der Waals surface area contributed by atoms with Gasteiger partial charge < -0.3 is 15.4 Å². The van der Waals surface area contributed by atoms with Gasteiger partial charge in [0.05, 0.1) is 12.0 Å². The van der Waals surface area contributed by atoms with E-state index in [0.717, 1.165) is 22.2 Å². The van der Waals surface area contributed by atoms with Gasteiger partial charge in [-0.3, -0.25) is 0 Å². The number of nitrogens with zero attached hydrogens (tertiary/aromatic N) is 2. The van der Waals surface area contributed by atoms with Crippen LogP contribution in [-0.4, -0.2) is 33.2 Å². The van der Waals surface area contributed by atoms with Crippen molar-refractivity contribution < 1.29 is 5.11 Å². The molecule has 0 fully saturated rings. The van der Waals surface area contributed by atoms with Crippen LogP contribution >= 0.6 is 11.6 Å². The molecule has 0 aliphatic carbocycles. The van der Waals surface area contributed by atoms with Crippen LogP contribution < -0.4 is 5.32 Å². The lowest BCUT2D eigenvalue weighted by Crippen LogP contribution is -2.07. The van der Waals surface area contributed by atoms with E-state index >= 15 is 0 Å². The van der Waals surface area contributed by atoms with E-state index in [-0.39, 0.29) is 6.61 Å². The lowest BCUT2D eigenvalue weighted by Gasteiger charge is -2.06. The molecule has 102 valence electrons. The summed E-state index contributed by atoms with van der Waals surface area (Å²) in [6.07, 6.45) is 3.37. The number of rotatable bonds is 4. The number of aromatic amines is 1. The molecule has 3 rings (SSSR count). The number of H-pyrrole nitrogens is 1. The van der Waals surface area contributed by atoms with E-state index in [4.69, 9.17) is 16.7 Å². The van der Waals surface area contributed by atoms with Crippen LogP contribution in [0.4, 0.5) is 5.82 Å². The van der Waals surface area contributed by atoms with E-state index in [1.54, 1.807) is 0 Å². The minimum absolute atomic E-state index is 0.0441. The molecule has 0 radical (unpaired) electrons. The van der Waals surface area contributed by atoms with E-state index in [1.165, 1.54) is 6.33 Å². The zero-order chi connectivity index (χ0) is 13.9. The predicted molar refractivity (Wildman–Crippen MR) is 79.9 cm³/mol. The summed E-state index contributed by atoms with van der Waals surface area (Å²) < 4.78 is 0. The van der Waals surface area contributed by atoms with E-state index in [9.17, 15) is 0 Å². The van der Waals surface area contributed by atoms with Gasteiger partial charge in [-0.15, -0.1) is 0 Å². The minimum Gasteiger partial charge on any atom is -0.395 e. The van der Waals surface area contributed by atoms with Crippen LogP contribution in [0.15, 0.2) is 36.8 Å². The average Bonchev–Trinajstić information content (AvgIpc) is 2.89. The van der Waals surface area contributed by atoms with Crippen molar-refractivity contribution in [1.29, 1.82) is 0 Å². The molecule has 6 heteroatoms. The quantitative estimate of drug-likeness (QED) is 0.690. The highest BCUT2D eigenvalue weighted by atomic mass is 35.5. The van der Waals surface area contributed by atoms with Crippen LogP contribution in [0, 0.1) is 0 Å². The molecule has 0 saturated heterocycles. The number of halogens is 1. The fraction of sp³-hybridized carbons (Fsp3) is 0.143. The first-order valence-corrected chi connectivity index (χ1v) is 6.60. The zero-order valence-corrected chi connectivity index (χ0v) is 11.4. The van der Waals surface area contributed by atoms with Gasteiger partial charge in [0.15, 0.2) is 0 Å².